The summed E-state index contributed by atoms with van der Waals surface area (Å²) in [6, 6.07) is 0. The number of rotatable bonds is 0. The van der Waals surface area contributed by atoms with Crippen molar-refractivity contribution in [3.8, 4) is 0 Å². The highest BCUT2D eigenvalue weighted by Crippen LogP contribution is 2.34. The molecule has 0 radical (unpaired) electrons. The van der Waals surface area contributed by atoms with E-state index in [4.69, 9.17) is 9.84 Å². The first-order valence-corrected chi connectivity index (χ1v) is 3.94. The van der Waals surface area contributed by atoms with Crippen LogP contribution in [0.25, 0.3) is 0 Å². The molecule has 0 aromatic heterocycles. The largest absolute Gasteiger partial charge is 0.465 e. The molecule has 1 N–H and O–H groups in total. The third-order valence-corrected chi connectivity index (χ3v) is 2.11. The van der Waals surface area contributed by atoms with Gasteiger partial charge in [-0.05, 0) is 27.7 Å². The van der Waals surface area contributed by atoms with Crippen LogP contribution in [0.3, 0.4) is 0 Å². The zero-order chi connectivity index (χ0) is 9.57. The van der Waals surface area contributed by atoms with Crippen molar-refractivity contribution in [1.82, 2.24) is 4.90 Å². The van der Waals surface area contributed by atoms with E-state index in [-0.39, 0.29) is 0 Å². The van der Waals surface area contributed by atoms with Crippen LogP contribution in [0.5, 0.6) is 0 Å². The van der Waals surface area contributed by atoms with Crippen molar-refractivity contribution in [2.45, 2.75) is 39.0 Å². The predicted octanol–water partition coefficient (Wildman–Crippen LogP) is 1.51. The molecule has 0 saturated carbocycles. The molecule has 1 saturated heterocycles. The molecular formula is C8H15NO3. The quantitative estimate of drug-likeness (QED) is 0.604. The molecule has 4 nitrogen and oxygen atoms in total. The minimum Gasteiger partial charge on any atom is -0.465 e. The Morgan fingerprint density at radius 1 is 1.42 bits per heavy atom. The van der Waals surface area contributed by atoms with Gasteiger partial charge in [-0.15, -0.1) is 0 Å². The standard InChI is InChI=1S/C8H15NO3/c1-7(2)5-12-8(3,4)9(7)6(10)11/h5H2,1-4H3,(H,10,11). The van der Waals surface area contributed by atoms with Crippen molar-refractivity contribution in [3.63, 3.8) is 0 Å². The lowest BCUT2D eigenvalue weighted by atomic mass is 10.1. The molecule has 0 aliphatic carbocycles. The van der Waals surface area contributed by atoms with Crippen LogP contribution in [-0.4, -0.2) is 34.0 Å². The van der Waals surface area contributed by atoms with Gasteiger partial charge in [0.05, 0.1) is 12.1 Å². The molecule has 0 aromatic rings. The first-order valence-electron chi connectivity index (χ1n) is 3.94. The van der Waals surface area contributed by atoms with E-state index in [9.17, 15) is 4.79 Å². The van der Waals surface area contributed by atoms with Crippen LogP contribution >= 0.6 is 0 Å². The van der Waals surface area contributed by atoms with Crippen LogP contribution in [0.15, 0.2) is 0 Å². The van der Waals surface area contributed by atoms with Crippen LogP contribution in [0.1, 0.15) is 27.7 Å². The van der Waals surface area contributed by atoms with Crippen molar-refractivity contribution in [1.29, 1.82) is 0 Å². The van der Waals surface area contributed by atoms with E-state index in [0.717, 1.165) is 0 Å². The minimum atomic E-state index is -0.928. The van der Waals surface area contributed by atoms with Crippen molar-refractivity contribution >= 4 is 6.09 Å². The smallest absolute Gasteiger partial charge is 0.410 e. The highest BCUT2D eigenvalue weighted by Gasteiger charge is 2.48. The van der Waals surface area contributed by atoms with Gasteiger partial charge < -0.3 is 9.84 Å². The fourth-order valence-corrected chi connectivity index (χ4v) is 1.70. The van der Waals surface area contributed by atoms with Gasteiger partial charge in [-0.3, -0.25) is 4.90 Å². The topological polar surface area (TPSA) is 49.8 Å². The summed E-state index contributed by atoms with van der Waals surface area (Å²) in [4.78, 5) is 12.2. The molecule has 12 heavy (non-hydrogen) atoms. The van der Waals surface area contributed by atoms with E-state index >= 15 is 0 Å². The fourth-order valence-electron chi connectivity index (χ4n) is 1.70. The van der Waals surface area contributed by atoms with E-state index in [2.05, 4.69) is 0 Å². The molecule has 0 spiro atoms. The summed E-state index contributed by atoms with van der Waals surface area (Å²) < 4.78 is 5.37. The molecule has 1 amide bonds. The Hall–Kier alpha value is -0.770. The lowest BCUT2D eigenvalue weighted by Crippen LogP contribution is -2.52. The first-order chi connectivity index (χ1) is 5.27. The van der Waals surface area contributed by atoms with Gasteiger partial charge in [0.1, 0.15) is 5.72 Å². The van der Waals surface area contributed by atoms with E-state index in [1.54, 1.807) is 13.8 Å². The second kappa shape index (κ2) is 2.36. The number of nitrogens with zero attached hydrogens (tertiary/aromatic N) is 1. The lowest BCUT2D eigenvalue weighted by Gasteiger charge is -2.35. The molecule has 0 aromatic carbocycles. The number of hydrogen-bond donors (Lipinski definition) is 1. The summed E-state index contributed by atoms with van der Waals surface area (Å²) in [5, 5.41) is 8.93. The number of carbonyl (C=O) groups is 1. The second-order valence-corrected chi connectivity index (χ2v) is 4.17. The molecule has 0 unspecified atom stereocenters. The Bertz CT molecular complexity index is 194. The number of amides is 1. The number of hydrogen-bond acceptors (Lipinski definition) is 2. The van der Waals surface area contributed by atoms with Crippen LogP contribution in [0.4, 0.5) is 4.79 Å². The third kappa shape index (κ3) is 1.27. The summed E-state index contributed by atoms with van der Waals surface area (Å²) in [5.41, 5.74) is -1.12. The Kier molecular flexibility index (Phi) is 1.83. The van der Waals surface area contributed by atoms with Crippen LogP contribution in [0.2, 0.25) is 0 Å². The average molecular weight is 173 g/mol. The summed E-state index contributed by atoms with van der Waals surface area (Å²) in [6.07, 6.45) is -0.928. The molecule has 1 rings (SSSR count). The normalized spacial score (nSPS) is 25.8. The molecule has 1 aliphatic heterocycles. The van der Waals surface area contributed by atoms with Gasteiger partial charge >= 0.3 is 6.09 Å². The molecular weight excluding hydrogens is 158 g/mol. The SMILES string of the molecule is CC1(C)COC(C)(C)N1C(=O)O. The Morgan fingerprint density at radius 3 is 2.08 bits per heavy atom. The number of ether oxygens (including phenoxy) is 1. The zero-order valence-electron chi connectivity index (χ0n) is 7.92. The lowest BCUT2D eigenvalue weighted by molar-refractivity contribution is -0.0452. The van der Waals surface area contributed by atoms with Gasteiger partial charge in [0.2, 0.25) is 0 Å². The molecule has 0 bridgehead atoms. The maximum atomic E-state index is 10.9. The maximum absolute atomic E-state index is 10.9. The molecule has 70 valence electrons. The highest BCUT2D eigenvalue weighted by molar-refractivity contribution is 5.67. The van der Waals surface area contributed by atoms with E-state index < -0.39 is 17.4 Å². The third-order valence-electron chi connectivity index (χ3n) is 2.11. The van der Waals surface area contributed by atoms with Gasteiger partial charge in [-0.1, -0.05) is 0 Å². The van der Waals surface area contributed by atoms with Gasteiger partial charge in [0.25, 0.3) is 0 Å². The van der Waals surface area contributed by atoms with Crippen LogP contribution in [-0.2, 0) is 4.74 Å². The average Bonchev–Trinajstić information content (AvgIpc) is 2.01. The van der Waals surface area contributed by atoms with E-state index in [0.29, 0.717) is 6.61 Å². The van der Waals surface area contributed by atoms with Crippen molar-refractivity contribution in [2.75, 3.05) is 6.61 Å². The summed E-state index contributed by atoms with van der Waals surface area (Å²) in [6.45, 7) is 7.68. The van der Waals surface area contributed by atoms with Crippen LogP contribution in [0, 0.1) is 0 Å². The predicted molar refractivity (Wildman–Crippen MR) is 44.0 cm³/mol. The van der Waals surface area contributed by atoms with Crippen molar-refractivity contribution in [2.24, 2.45) is 0 Å². The zero-order valence-corrected chi connectivity index (χ0v) is 7.92. The Morgan fingerprint density at radius 2 is 1.92 bits per heavy atom. The summed E-state index contributed by atoms with van der Waals surface area (Å²) in [7, 11) is 0. The molecule has 0 atom stereocenters. The first kappa shape index (κ1) is 9.32. The molecule has 4 heteroatoms. The van der Waals surface area contributed by atoms with Gasteiger partial charge in [0, 0.05) is 0 Å². The minimum absolute atomic E-state index is 0.421. The number of carboxylic acid groups (broad SMARTS) is 1. The molecule has 1 aliphatic rings. The van der Waals surface area contributed by atoms with E-state index in [1.165, 1.54) is 4.90 Å². The van der Waals surface area contributed by atoms with Crippen LogP contribution < -0.4 is 0 Å². The van der Waals surface area contributed by atoms with Crippen molar-refractivity contribution in [3.05, 3.63) is 0 Å². The van der Waals surface area contributed by atoms with E-state index in [1.807, 2.05) is 13.8 Å². The van der Waals surface area contributed by atoms with Gasteiger partial charge in [0.15, 0.2) is 0 Å². The Balaban J connectivity index is 2.96. The Labute approximate surface area is 72.1 Å². The van der Waals surface area contributed by atoms with Gasteiger partial charge in [-0.2, -0.15) is 0 Å². The fraction of sp³-hybridized carbons (Fsp3) is 0.875. The monoisotopic (exact) mass is 173 g/mol. The summed E-state index contributed by atoms with van der Waals surface area (Å²) >= 11 is 0. The maximum Gasteiger partial charge on any atom is 0.410 e. The second-order valence-electron chi connectivity index (χ2n) is 4.17. The van der Waals surface area contributed by atoms with Crippen molar-refractivity contribution < 1.29 is 14.6 Å². The molecule has 1 fully saturated rings. The molecule has 1 heterocycles. The summed E-state index contributed by atoms with van der Waals surface area (Å²) in [5.74, 6) is 0. The highest BCUT2D eigenvalue weighted by atomic mass is 16.5. The van der Waals surface area contributed by atoms with Gasteiger partial charge in [-0.25, -0.2) is 4.79 Å².